The minimum absolute atomic E-state index is 0.357. The van der Waals surface area contributed by atoms with Crippen molar-refractivity contribution in [1.82, 2.24) is 5.32 Å². The molecule has 0 aliphatic carbocycles. The van der Waals surface area contributed by atoms with Crippen molar-refractivity contribution >= 4 is 0 Å². The predicted octanol–water partition coefficient (Wildman–Crippen LogP) is 2.58. The highest BCUT2D eigenvalue weighted by Gasteiger charge is 2.29. The topological polar surface area (TPSA) is 21.3 Å². The molecule has 94 valence electrons. The van der Waals surface area contributed by atoms with Crippen molar-refractivity contribution in [1.29, 1.82) is 0 Å². The molecule has 1 fully saturated rings. The van der Waals surface area contributed by atoms with E-state index in [-0.39, 0.29) is 0 Å². The monoisotopic (exact) mass is 245 g/mol. The van der Waals surface area contributed by atoms with Crippen molar-refractivity contribution in [2.24, 2.45) is 0 Å². The van der Waals surface area contributed by atoms with E-state index in [1.54, 1.807) is 0 Å². The van der Waals surface area contributed by atoms with Gasteiger partial charge in [-0.1, -0.05) is 12.1 Å². The van der Waals surface area contributed by atoms with Crippen molar-refractivity contribution < 1.29 is 17.9 Å². The van der Waals surface area contributed by atoms with E-state index in [4.69, 9.17) is 4.74 Å². The van der Waals surface area contributed by atoms with Crippen molar-refractivity contribution in [2.75, 3.05) is 13.2 Å². The maximum atomic E-state index is 12.3. The number of nitrogens with one attached hydrogen (secondary N) is 1. The van der Waals surface area contributed by atoms with E-state index in [0.717, 1.165) is 30.7 Å². The standard InChI is InChI=1S/C12H14F3NO/c13-12(14,15)10-3-1-9(2-4-10)7-17-8-11-5-6-16-11/h1-4,11,16H,5-8H2. The molecule has 1 aromatic rings. The van der Waals surface area contributed by atoms with Gasteiger partial charge in [0.25, 0.3) is 0 Å². The van der Waals surface area contributed by atoms with Gasteiger partial charge in [-0.15, -0.1) is 0 Å². The smallest absolute Gasteiger partial charge is 0.375 e. The Balaban J connectivity index is 1.81. The van der Waals surface area contributed by atoms with Gasteiger partial charge in [-0.05, 0) is 30.7 Å². The van der Waals surface area contributed by atoms with E-state index in [1.807, 2.05) is 0 Å². The van der Waals surface area contributed by atoms with Gasteiger partial charge in [0.15, 0.2) is 0 Å². The Morgan fingerprint density at radius 2 is 1.88 bits per heavy atom. The number of hydrogen-bond acceptors (Lipinski definition) is 2. The summed E-state index contributed by atoms with van der Waals surface area (Å²) in [5, 5.41) is 3.19. The maximum absolute atomic E-state index is 12.3. The minimum Gasteiger partial charge on any atom is -0.375 e. The lowest BCUT2D eigenvalue weighted by molar-refractivity contribution is -0.137. The lowest BCUT2D eigenvalue weighted by Crippen LogP contribution is -2.45. The van der Waals surface area contributed by atoms with Gasteiger partial charge in [-0.2, -0.15) is 13.2 Å². The highest BCUT2D eigenvalue weighted by molar-refractivity contribution is 5.24. The predicted molar refractivity (Wildman–Crippen MR) is 57.5 cm³/mol. The highest BCUT2D eigenvalue weighted by atomic mass is 19.4. The fourth-order valence-corrected chi connectivity index (χ4v) is 1.60. The van der Waals surface area contributed by atoms with Crippen molar-refractivity contribution in [3.63, 3.8) is 0 Å². The molecule has 1 aliphatic heterocycles. The Morgan fingerprint density at radius 3 is 2.35 bits per heavy atom. The zero-order valence-corrected chi connectivity index (χ0v) is 9.26. The van der Waals surface area contributed by atoms with E-state index >= 15 is 0 Å². The first kappa shape index (κ1) is 12.4. The second-order valence-corrected chi connectivity index (χ2v) is 4.15. The zero-order chi connectivity index (χ0) is 12.3. The van der Waals surface area contributed by atoms with Crippen molar-refractivity contribution in [3.05, 3.63) is 35.4 Å². The summed E-state index contributed by atoms with van der Waals surface area (Å²) in [6.45, 7) is 1.99. The molecule has 2 nitrogen and oxygen atoms in total. The minimum atomic E-state index is -4.27. The maximum Gasteiger partial charge on any atom is 0.416 e. The van der Waals surface area contributed by atoms with Gasteiger partial charge in [0, 0.05) is 6.04 Å². The number of halogens is 3. The summed E-state index contributed by atoms with van der Waals surface area (Å²) in [5.74, 6) is 0. The van der Waals surface area contributed by atoms with Gasteiger partial charge in [-0.25, -0.2) is 0 Å². The quantitative estimate of drug-likeness (QED) is 0.880. The molecule has 0 radical (unpaired) electrons. The Labute approximate surface area is 97.8 Å². The SMILES string of the molecule is FC(F)(F)c1ccc(COCC2CCN2)cc1. The first-order chi connectivity index (χ1) is 8.05. The summed E-state index contributed by atoms with van der Waals surface area (Å²) >= 11 is 0. The second kappa shape index (κ2) is 5.06. The van der Waals surface area contributed by atoms with Crippen LogP contribution in [0.25, 0.3) is 0 Å². The molecule has 1 N–H and O–H groups in total. The molecule has 1 saturated heterocycles. The van der Waals surface area contributed by atoms with Crippen LogP contribution in [0.15, 0.2) is 24.3 Å². The van der Waals surface area contributed by atoms with Crippen LogP contribution in [0.2, 0.25) is 0 Å². The molecule has 0 spiro atoms. The third-order valence-electron chi connectivity index (χ3n) is 2.79. The molecular formula is C12H14F3NO. The van der Waals surface area contributed by atoms with Gasteiger partial charge in [0.2, 0.25) is 0 Å². The summed E-state index contributed by atoms with van der Waals surface area (Å²) in [5.41, 5.74) is 0.138. The van der Waals surface area contributed by atoms with Crippen LogP contribution in [0.1, 0.15) is 17.5 Å². The van der Waals surface area contributed by atoms with E-state index < -0.39 is 11.7 Å². The molecule has 0 aromatic heterocycles. The summed E-state index contributed by atoms with van der Waals surface area (Å²) in [7, 11) is 0. The zero-order valence-electron chi connectivity index (χ0n) is 9.26. The summed E-state index contributed by atoms with van der Waals surface area (Å²) in [4.78, 5) is 0. The molecular weight excluding hydrogens is 231 g/mol. The van der Waals surface area contributed by atoms with Crippen LogP contribution in [0.3, 0.4) is 0 Å². The second-order valence-electron chi connectivity index (χ2n) is 4.15. The Hall–Kier alpha value is -1.07. The van der Waals surface area contributed by atoms with Gasteiger partial charge < -0.3 is 10.1 Å². The Bertz CT molecular complexity index is 357. The van der Waals surface area contributed by atoms with Crippen LogP contribution in [0, 0.1) is 0 Å². The first-order valence-electron chi connectivity index (χ1n) is 5.53. The van der Waals surface area contributed by atoms with E-state index in [1.165, 1.54) is 12.1 Å². The first-order valence-corrected chi connectivity index (χ1v) is 5.53. The van der Waals surface area contributed by atoms with E-state index in [2.05, 4.69) is 5.32 Å². The van der Waals surface area contributed by atoms with Crippen LogP contribution in [0.5, 0.6) is 0 Å². The lowest BCUT2D eigenvalue weighted by Gasteiger charge is -2.27. The number of benzene rings is 1. The molecule has 1 atom stereocenters. The molecule has 5 heteroatoms. The average molecular weight is 245 g/mol. The molecule has 2 rings (SSSR count). The fourth-order valence-electron chi connectivity index (χ4n) is 1.60. The Kier molecular flexibility index (Phi) is 3.69. The van der Waals surface area contributed by atoms with Gasteiger partial charge in [0.1, 0.15) is 0 Å². The number of ether oxygens (including phenoxy) is 1. The normalized spacial score (nSPS) is 20.1. The average Bonchev–Trinajstić information content (AvgIpc) is 2.21. The molecule has 1 aromatic carbocycles. The molecule has 1 unspecified atom stereocenters. The van der Waals surface area contributed by atoms with E-state index in [0.29, 0.717) is 19.3 Å². The molecule has 1 aliphatic rings. The van der Waals surface area contributed by atoms with Gasteiger partial charge in [-0.3, -0.25) is 0 Å². The highest BCUT2D eigenvalue weighted by Crippen LogP contribution is 2.29. The fraction of sp³-hybridized carbons (Fsp3) is 0.500. The summed E-state index contributed by atoms with van der Waals surface area (Å²) in [6.07, 6.45) is -3.16. The molecule has 0 amide bonds. The van der Waals surface area contributed by atoms with Crippen LogP contribution >= 0.6 is 0 Å². The van der Waals surface area contributed by atoms with Crippen LogP contribution < -0.4 is 5.32 Å². The number of hydrogen-bond donors (Lipinski definition) is 1. The van der Waals surface area contributed by atoms with E-state index in [9.17, 15) is 13.2 Å². The summed E-state index contributed by atoms with van der Waals surface area (Å²) in [6, 6.07) is 5.48. The molecule has 0 bridgehead atoms. The molecule has 1 heterocycles. The Morgan fingerprint density at radius 1 is 1.24 bits per heavy atom. The van der Waals surface area contributed by atoms with Crippen LogP contribution in [0.4, 0.5) is 13.2 Å². The van der Waals surface area contributed by atoms with Crippen LogP contribution in [-0.2, 0) is 17.5 Å². The van der Waals surface area contributed by atoms with Crippen molar-refractivity contribution in [2.45, 2.75) is 25.2 Å². The largest absolute Gasteiger partial charge is 0.416 e. The molecule has 0 saturated carbocycles. The van der Waals surface area contributed by atoms with Gasteiger partial charge in [0.05, 0.1) is 18.8 Å². The number of alkyl halides is 3. The third-order valence-corrected chi connectivity index (χ3v) is 2.79. The van der Waals surface area contributed by atoms with Gasteiger partial charge >= 0.3 is 6.18 Å². The lowest BCUT2D eigenvalue weighted by atomic mass is 10.1. The summed E-state index contributed by atoms with van der Waals surface area (Å²) < 4.78 is 42.3. The van der Waals surface area contributed by atoms with Crippen LogP contribution in [-0.4, -0.2) is 19.2 Å². The van der Waals surface area contributed by atoms with Crippen molar-refractivity contribution in [3.8, 4) is 0 Å². The number of rotatable bonds is 4. The third kappa shape index (κ3) is 3.44. The molecule has 17 heavy (non-hydrogen) atoms.